The van der Waals surface area contributed by atoms with Gasteiger partial charge in [-0.3, -0.25) is 4.79 Å². The molecule has 0 bridgehead atoms. The summed E-state index contributed by atoms with van der Waals surface area (Å²) in [6.45, 7) is 0.800. The summed E-state index contributed by atoms with van der Waals surface area (Å²) in [4.78, 5) is 11.3. The van der Waals surface area contributed by atoms with Gasteiger partial charge in [-0.25, -0.2) is 0 Å². The zero-order valence-electron chi connectivity index (χ0n) is 8.50. The molecule has 3 heteroatoms. The maximum atomic E-state index is 11.3. The van der Waals surface area contributed by atoms with Crippen LogP contribution < -0.4 is 5.32 Å². The van der Waals surface area contributed by atoms with Crippen LogP contribution in [-0.2, 0) is 11.2 Å². The molecule has 0 radical (unpaired) electrons. The molecule has 1 N–H and O–H groups in total. The molecule has 2 rings (SSSR count). The molecule has 1 aliphatic heterocycles. The van der Waals surface area contributed by atoms with Crippen molar-refractivity contribution < 1.29 is 4.79 Å². The molecule has 15 heavy (non-hydrogen) atoms. The Morgan fingerprint density at radius 1 is 1.40 bits per heavy atom. The summed E-state index contributed by atoms with van der Waals surface area (Å²) < 4.78 is 0. The number of Topliss-reactive ketones (excluding diaryl/α,β-unsaturated/α-hetero) is 1. The average molecular weight is 224 g/mol. The average Bonchev–Trinajstić information content (AvgIpc) is 2.22. The van der Waals surface area contributed by atoms with E-state index >= 15 is 0 Å². The van der Waals surface area contributed by atoms with Gasteiger partial charge < -0.3 is 5.32 Å². The third-order valence-electron chi connectivity index (χ3n) is 2.74. The quantitative estimate of drug-likeness (QED) is 0.833. The minimum absolute atomic E-state index is 0.256. The van der Waals surface area contributed by atoms with E-state index in [2.05, 4.69) is 5.32 Å². The van der Waals surface area contributed by atoms with Crippen LogP contribution in [0.15, 0.2) is 24.3 Å². The molecule has 80 valence electrons. The van der Waals surface area contributed by atoms with E-state index in [1.54, 1.807) is 0 Å². The van der Waals surface area contributed by atoms with E-state index in [0.29, 0.717) is 18.6 Å². The lowest BCUT2D eigenvalue weighted by Crippen LogP contribution is -2.39. The number of piperidine rings is 1. The largest absolute Gasteiger partial charge is 0.313 e. The molecule has 0 aliphatic carbocycles. The van der Waals surface area contributed by atoms with E-state index in [1.165, 1.54) is 0 Å². The van der Waals surface area contributed by atoms with Gasteiger partial charge in [0.2, 0.25) is 0 Å². The van der Waals surface area contributed by atoms with Gasteiger partial charge in [0.25, 0.3) is 0 Å². The molecule has 0 aromatic heterocycles. The Morgan fingerprint density at radius 2 is 2.20 bits per heavy atom. The van der Waals surface area contributed by atoms with Crippen LogP contribution in [0.2, 0.25) is 5.02 Å². The predicted octanol–water partition coefficient (Wildman–Crippen LogP) is 2.20. The summed E-state index contributed by atoms with van der Waals surface area (Å²) in [6.07, 6.45) is 2.13. The first-order valence-corrected chi connectivity index (χ1v) is 5.62. The molecule has 1 aromatic carbocycles. The zero-order chi connectivity index (χ0) is 10.7. The van der Waals surface area contributed by atoms with Crippen molar-refractivity contribution in [3.8, 4) is 0 Å². The van der Waals surface area contributed by atoms with E-state index in [1.807, 2.05) is 24.3 Å². The lowest BCUT2D eigenvalue weighted by atomic mass is 9.97. The van der Waals surface area contributed by atoms with Crippen molar-refractivity contribution in [3.63, 3.8) is 0 Å². The first-order valence-electron chi connectivity index (χ1n) is 5.24. The van der Waals surface area contributed by atoms with E-state index in [0.717, 1.165) is 23.6 Å². The molecular weight excluding hydrogens is 210 g/mol. The van der Waals surface area contributed by atoms with E-state index in [4.69, 9.17) is 11.6 Å². The van der Waals surface area contributed by atoms with Crippen molar-refractivity contribution in [3.05, 3.63) is 34.9 Å². The van der Waals surface area contributed by atoms with Gasteiger partial charge in [0, 0.05) is 30.5 Å². The molecule has 1 atom stereocenters. The molecular formula is C12H14ClNO. The summed E-state index contributed by atoms with van der Waals surface area (Å²) in [5.41, 5.74) is 1.12. The summed E-state index contributed by atoms with van der Waals surface area (Å²) in [6, 6.07) is 8.06. The van der Waals surface area contributed by atoms with Gasteiger partial charge in [-0.15, -0.1) is 0 Å². The van der Waals surface area contributed by atoms with E-state index in [9.17, 15) is 4.79 Å². The van der Waals surface area contributed by atoms with Crippen LogP contribution >= 0.6 is 11.6 Å². The molecule has 1 aliphatic rings. The molecule has 1 fully saturated rings. The second-order valence-electron chi connectivity index (χ2n) is 3.94. The van der Waals surface area contributed by atoms with Crippen LogP contribution in [0, 0.1) is 0 Å². The number of halogens is 1. The van der Waals surface area contributed by atoms with Crippen LogP contribution in [-0.4, -0.2) is 18.4 Å². The van der Waals surface area contributed by atoms with Crippen molar-refractivity contribution in [1.29, 1.82) is 0 Å². The van der Waals surface area contributed by atoms with Gasteiger partial charge in [-0.2, -0.15) is 0 Å². The van der Waals surface area contributed by atoms with Gasteiger partial charge in [0.05, 0.1) is 0 Å². The Labute approximate surface area is 94.6 Å². The highest BCUT2D eigenvalue weighted by Gasteiger charge is 2.19. The summed E-state index contributed by atoms with van der Waals surface area (Å²) in [5.74, 6) is 0.353. The van der Waals surface area contributed by atoms with Crippen molar-refractivity contribution in [2.45, 2.75) is 25.3 Å². The van der Waals surface area contributed by atoms with E-state index in [-0.39, 0.29) is 6.04 Å². The minimum Gasteiger partial charge on any atom is -0.313 e. The monoisotopic (exact) mass is 223 g/mol. The molecule has 2 nitrogen and oxygen atoms in total. The maximum Gasteiger partial charge on any atom is 0.135 e. The second kappa shape index (κ2) is 4.77. The fraction of sp³-hybridized carbons (Fsp3) is 0.417. The highest BCUT2D eigenvalue weighted by atomic mass is 35.5. The predicted molar refractivity (Wildman–Crippen MR) is 61.2 cm³/mol. The molecule has 0 spiro atoms. The first-order chi connectivity index (χ1) is 7.25. The third kappa shape index (κ3) is 2.80. The van der Waals surface area contributed by atoms with Gasteiger partial charge in [0.1, 0.15) is 5.78 Å². The molecule has 0 amide bonds. The number of ketones is 1. The van der Waals surface area contributed by atoms with Gasteiger partial charge in [0.15, 0.2) is 0 Å². The van der Waals surface area contributed by atoms with Crippen molar-refractivity contribution in [2.24, 2.45) is 0 Å². The SMILES string of the molecule is O=C1CCNC(Cc2ccccc2Cl)C1. The highest BCUT2D eigenvalue weighted by molar-refractivity contribution is 6.31. The van der Waals surface area contributed by atoms with Crippen molar-refractivity contribution in [2.75, 3.05) is 6.54 Å². The fourth-order valence-corrected chi connectivity index (χ4v) is 2.15. The van der Waals surface area contributed by atoms with Gasteiger partial charge >= 0.3 is 0 Å². The molecule has 1 aromatic rings. The van der Waals surface area contributed by atoms with Gasteiger partial charge in [-0.1, -0.05) is 29.8 Å². The van der Waals surface area contributed by atoms with E-state index < -0.39 is 0 Å². The maximum absolute atomic E-state index is 11.3. The zero-order valence-corrected chi connectivity index (χ0v) is 9.26. The number of hydrogen-bond donors (Lipinski definition) is 1. The lowest BCUT2D eigenvalue weighted by molar-refractivity contribution is -0.120. The topological polar surface area (TPSA) is 29.1 Å². The summed E-state index contributed by atoms with van der Waals surface area (Å²) in [7, 11) is 0. The smallest absolute Gasteiger partial charge is 0.135 e. The molecule has 1 unspecified atom stereocenters. The van der Waals surface area contributed by atoms with Gasteiger partial charge in [-0.05, 0) is 18.1 Å². The van der Waals surface area contributed by atoms with Crippen molar-refractivity contribution >= 4 is 17.4 Å². The van der Waals surface area contributed by atoms with Crippen LogP contribution in [0.4, 0.5) is 0 Å². The Bertz CT molecular complexity index is 364. The van der Waals surface area contributed by atoms with Crippen LogP contribution in [0.5, 0.6) is 0 Å². The Hall–Kier alpha value is -0.860. The van der Waals surface area contributed by atoms with Crippen LogP contribution in [0.1, 0.15) is 18.4 Å². The normalized spacial score (nSPS) is 21.7. The number of rotatable bonds is 2. The summed E-state index contributed by atoms with van der Waals surface area (Å²) in [5, 5.41) is 4.13. The molecule has 1 saturated heterocycles. The highest BCUT2D eigenvalue weighted by Crippen LogP contribution is 2.18. The first kappa shape index (κ1) is 10.7. The number of hydrogen-bond acceptors (Lipinski definition) is 2. The Balaban J connectivity index is 2.02. The number of nitrogens with one attached hydrogen (secondary N) is 1. The van der Waals surface area contributed by atoms with Crippen LogP contribution in [0.25, 0.3) is 0 Å². The second-order valence-corrected chi connectivity index (χ2v) is 4.35. The number of carbonyl (C=O) groups excluding carboxylic acids is 1. The van der Waals surface area contributed by atoms with Crippen molar-refractivity contribution in [1.82, 2.24) is 5.32 Å². The standard InChI is InChI=1S/C12H14ClNO/c13-12-4-2-1-3-9(12)7-10-8-11(15)5-6-14-10/h1-4,10,14H,5-8H2. The van der Waals surface area contributed by atoms with Crippen LogP contribution in [0.3, 0.4) is 0 Å². The fourth-order valence-electron chi connectivity index (χ4n) is 1.94. The molecule has 1 heterocycles. The lowest BCUT2D eigenvalue weighted by Gasteiger charge is -2.22. The number of carbonyl (C=O) groups is 1. The third-order valence-corrected chi connectivity index (χ3v) is 3.10. The molecule has 0 saturated carbocycles. The minimum atomic E-state index is 0.256. The number of benzene rings is 1. The Kier molecular flexibility index (Phi) is 3.39. The Morgan fingerprint density at radius 3 is 2.93 bits per heavy atom. The summed E-state index contributed by atoms with van der Waals surface area (Å²) >= 11 is 6.07.